The maximum Gasteiger partial charge on any atom is 0.490 e. The summed E-state index contributed by atoms with van der Waals surface area (Å²) in [4.78, 5) is 38.8. The van der Waals surface area contributed by atoms with Crippen molar-refractivity contribution in [1.82, 2.24) is 9.80 Å². The molecule has 0 aliphatic carbocycles. The van der Waals surface area contributed by atoms with Crippen molar-refractivity contribution >= 4 is 50.6 Å². The van der Waals surface area contributed by atoms with Gasteiger partial charge in [0.1, 0.15) is 4.21 Å². The lowest BCUT2D eigenvalue weighted by Gasteiger charge is -2.37. The number of hydrogen-bond donors (Lipinski definition) is 3. The number of sulfonamides is 1. The van der Waals surface area contributed by atoms with Gasteiger partial charge in [0.15, 0.2) is 0 Å². The molecule has 214 valence electrons. The molecule has 2 fully saturated rings. The van der Waals surface area contributed by atoms with E-state index < -0.39 is 28.1 Å². The fourth-order valence-corrected chi connectivity index (χ4v) is 6.10. The summed E-state index contributed by atoms with van der Waals surface area (Å²) in [5, 5.41) is 18.2. The summed E-state index contributed by atoms with van der Waals surface area (Å²) in [5.41, 5.74) is 0.869. The summed E-state index contributed by atoms with van der Waals surface area (Å²) < 4.78 is 60.0. The molecule has 0 unspecified atom stereocenters. The Labute approximate surface area is 226 Å². The molecule has 4 rings (SSSR count). The van der Waals surface area contributed by atoms with Crippen LogP contribution < -0.4 is 9.62 Å². The first-order valence-electron chi connectivity index (χ1n) is 11.8. The molecule has 0 radical (unpaired) electrons. The van der Waals surface area contributed by atoms with E-state index in [1.165, 1.54) is 18.2 Å². The van der Waals surface area contributed by atoms with Crippen LogP contribution >= 0.6 is 11.3 Å². The third-order valence-electron chi connectivity index (χ3n) is 6.02. The van der Waals surface area contributed by atoms with Gasteiger partial charge >= 0.3 is 18.1 Å². The number of nitrogens with one attached hydrogen (secondary N) is 1. The number of aromatic carboxylic acids is 1. The molecule has 2 saturated heterocycles. The summed E-state index contributed by atoms with van der Waals surface area (Å²) in [7, 11) is -3.82. The van der Waals surface area contributed by atoms with Gasteiger partial charge in [-0.05, 0) is 42.5 Å². The zero-order chi connectivity index (χ0) is 28.8. The van der Waals surface area contributed by atoms with E-state index in [1.807, 2.05) is 9.80 Å². The number of nitrogens with zero attached hydrogens (tertiary/aromatic N) is 3. The Kier molecular flexibility index (Phi) is 9.79. The lowest BCUT2D eigenvalue weighted by molar-refractivity contribution is -0.192. The summed E-state index contributed by atoms with van der Waals surface area (Å²) in [6.07, 6.45) is -2.95. The van der Waals surface area contributed by atoms with Crippen molar-refractivity contribution in [2.75, 3.05) is 55.4 Å². The number of likely N-dealkylation sites (tertiary alicyclic amines) is 1. The van der Waals surface area contributed by atoms with Crippen molar-refractivity contribution in [3.05, 3.63) is 41.3 Å². The van der Waals surface area contributed by atoms with Crippen molar-refractivity contribution in [1.29, 1.82) is 0 Å². The van der Waals surface area contributed by atoms with Gasteiger partial charge in [0.2, 0.25) is 5.91 Å². The largest absolute Gasteiger partial charge is 0.490 e. The highest BCUT2D eigenvalue weighted by Gasteiger charge is 2.38. The molecular weight excluding hydrogens is 565 g/mol. The van der Waals surface area contributed by atoms with E-state index in [1.54, 1.807) is 17.5 Å². The first-order valence-corrected chi connectivity index (χ1v) is 14.1. The highest BCUT2D eigenvalue weighted by molar-refractivity contribution is 7.94. The molecule has 11 nitrogen and oxygen atoms in total. The van der Waals surface area contributed by atoms with Gasteiger partial charge in [-0.1, -0.05) is 6.07 Å². The van der Waals surface area contributed by atoms with Gasteiger partial charge in [0.25, 0.3) is 10.0 Å². The number of hydrogen-bond acceptors (Lipinski definition) is 8. The Hall–Kier alpha value is -3.37. The van der Waals surface area contributed by atoms with Crippen LogP contribution in [0.4, 0.5) is 24.5 Å². The molecule has 16 heteroatoms. The normalized spacial score (nSPS) is 16.4. The smallest absolute Gasteiger partial charge is 0.478 e. The molecule has 0 atom stereocenters. The summed E-state index contributed by atoms with van der Waals surface area (Å²) in [6, 6.07) is 7.62. The second kappa shape index (κ2) is 12.7. The maximum atomic E-state index is 12.8. The first-order chi connectivity index (χ1) is 18.3. The van der Waals surface area contributed by atoms with Crippen LogP contribution in [-0.2, 0) is 19.6 Å². The quantitative estimate of drug-likeness (QED) is 0.441. The van der Waals surface area contributed by atoms with Gasteiger partial charge in [0, 0.05) is 39.3 Å². The van der Waals surface area contributed by atoms with Crippen molar-refractivity contribution in [3.63, 3.8) is 0 Å². The summed E-state index contributed by atoms with van der Waals surface area (Å²) in [5.74, 6) is -3.72. The van der Waals surface area contributed by atoms with E-state index in [9.17, 15) is 36.3 Å². The Bertz CT molecular complexity index is 1270. The van der Waals surface area contributed by atoms with Crippen LogP contribution in [-0.4, -0.2) is 98.3 Å². The molecule has 0 bridgehead atoms. The zero-order valence-electron chi connectivity index (χ0n) is 20.6. The number of rotatable bonds is 7. The maximum absolute atomic E-state index is 12.8. The number of benzene rings is 1. The van der Waals surface area contributed by atoms with E-state index in [2.05, 4.69) is 9.62 Å². The molecule has 3 heterocycles. The number of carboxylic acids is 2. The fraction of sp³-hybridized carbons (Fsp3) is 0.435. The first kappa shape index (κ1) is 30.2. The lowest BCUT2D eigenvalue weighted by Crippen LogP contribution is -2.50. The zero-order valence-corrected chi connectivity index (χ0v) is 22.2. The predicted octanol–water partition coefficient (Wildman–Crippen LogP) is 2.62. The van der Waals surface area contributed by atoms with Crippen molar-refractivity contribution < 1.29 is 46.2 Å². The number of amides is 1. The number of anilines is 2. The Morgan fingerprint density at radius 1 is 0.974 bits per heavy atom. The number of thiophene rings is 1. The molecule has 1 aromatic carbocycles. The monoisotopic (exact) mass is 592 g/mol. The van der Waals surface area contributed by atoms with Crippen molar-refractivity contribution in [2.45, 2.75) is 23.2 Å². The topological polar surface area (TPSA) is 148 Å². The van der Waals surface area contributed by atoms with Crippen LogP contribution in [0, 0.1) is 0 Å². The van der Waals surface area contributed by atoms with E-state index in [0.29, 0.717) is 38.4 Å². The standard InChI is InChI=1S/C21H26N4O5S2.C2HF3O2/c26-19(25-7-1-2-8-25)15-23-9-11-24(12-10-23)18-6-5-16(21(27)28)14-17(18)22-32(29,30)20-4-3-13-31-20;3-2(4,5)1(6)7/h3-6,13-14,22H,1-2,7-12,15H2,(H,27,28);(H,6,7). The van der Waals surface area contributed by atoms with Crippen LogP contribution in [0.25, 0.3) is 0 Å². The number of alkyl halides is 3. The van der Waals surface area contributed by atoms with Gasteiger partial charge in [-0.25, -0.2) is 18.0 Å². The summed E-state index contributed by atoms with van der Waals surface area (Å²) in [6.45, 7) is 4.60. The van der Waals surface area contributed by atoms with Crippen molar-refractivity contribution in [2.24, 2.45) is 0 Å². The average Bonchev–Trinajstić information content (AvgIpc) is 3.59. The van der Waals surface area contributed by atoms with Gasteiger partial charge in [-0.2, -0.15) is 13.2 Å². The SMILES string of the molecule is O=C(O)C(F)(F)F.O=C(O)c1ccc(N2CCN(CC(=O)N3CCCC3)CC2)c(NS(=O)(=O)c2cccs2)c1. The Morgan fingerprint density at radius 2 is 1.59 bits per heavy atom. The van der Waals surface area contributed by atoms with Gasteiger partial charge in [0.05, 0.1) is 23.5 Å². The van der Waals surface area contributed by atoms with Crippen LogP contribution in [0.5, 0.6) is 0 Å². The van der Waals surface area contributed by atoms with E-state index in [0.717, 1.165) is 37.3 Å². The van der Waals surface area contributed by atoms with Gasteiger partial charge < -0.3 is 20.0 Å². The van der Waals surface area contributed by atoms with E-state index in [-0.39, 0.29) is 21.4 Å². The minimum atomic E-state index is -5.08. The molecule has 0 spiro atoms. The highest BCUT2D eigenvalue weighted by Crippen LogP contribution is 2.31. The fourth-order valence-electron chi connectivity index (χ4n) is 4.04. The third-order valence-corrected chi connectivity index (χ3v) is 8.78. The molecule has 1 aromatic heterocycles. The van der Waals surface area contributed by atoms with Crippen LogP contribution in [0.1, 0.15) is 23.2 Å². The number of carboxylic acid groups (broad SMARTS) is 2. The van der Waals surface area contributed by atoms with Crippen LogP contribution in [0.3, 0.4) is 0 Å². The van der Waals surface area contributed by atoms with Crippen LogP contribution in [0.2, 0.25) is 0 Å². The second-order valence-corrected chi connectivity index (χ2v) is 11.6. The molecular formula is C23H27F3N4O7S2. The molecule has 2 aliphatic heterocycles. The minimum absolute atomic E-state index is 0.00692. The molecule has 1 amide bonds. The molecule has 2 aliphatic rings. The lowest BCUT2D eigenvalue weighted by atomic mass is 10.1. The average molecular weight is 593 g/mol. The predicted molar refractivity (Wildman–Crippen MR) is 137 cm³/mol. The highest BCUT2D eigenvalue weighted by atomic mass is 32.2. The Balaban J connectivity index is 0.000000532. The van der Waals surface area contributed by atoms with Crippen molar-refractivity contribution in [3.8, 4) is 0 Å². The molecule has 0 saturated carbocycles. The minimum Gasteiger partial charge on any atom is -0.478 e. The molecule has 3 N–H and O–H groups in total. The number of carbonyl (C=O) groups excluding carboxylic acids is 1. The van der Waals surface area contributed by atoms with Crippen LogP contribution in [0.15, 0.2) is 39.9 Å². The van der Waals surface area contributed by atoms with E-state index in [4.69, 9.17) is 9.90 Å². The number of aliphatic carboxylic acids is 1. The summed E-state index contributed by atoms with van der Waals surface area (Å²) >= 11 is 1.09. The van der Waals surface area contributed by atoms with Gasteiger partial charge in [-0.15, -0.1) is 11.3 Å². The number of carbonyl (C=O) groups is 3. The molecule has 2 aromatic rings. The Morgan fingerprint density at radius 3 is 2.10 bits per heavy atom. The van der Waals surface area contributed by atoms with Gasteiger partial charge in [-0.3, -0.25) is 14.4 Å². The second-order valence-electron chi connectivity index (χ2n) is 8.73. The number of halogens is 3. The van der Waals surface area contributed by atoms with E-state index >= 15 is 0 Å². The number of piperazine rings is 1. The molecule has 39 heavy (non-hydrogen) atoms. The third kappa shape index (κ3) is 8.31.